The molecule has 3 aromatic rings. The van der Waals surface area contributed by atoms with Crippen molar-refractivity contribution in [2.75, 3.05) is 18.1 Å². The zero-order valence-electron chi connectivity index (χ0n) is 18.1. The molecule has 0 spiro atoms. The summed E-state index contributed by atoms with van der Waals surface area (Å²) in [5.74, 6) is 1.21. The van der Waals surface area contributed by atoms with Crippen LogP contribution in [-0.4, -0.2) is 63.0 Å². The van der Waals surface area contributed by atoms with E-state index in [0.717, 1.165) is 31.2 Å². The summed E-state index contributed by atoms with van der Waals surface area (Å²) in [7, 11) is 0. The largest absolute Gasteiger partial charge is 0.507 e. The van der Waals surface area contributed by atoms with Crippen molar-refractivity contribution in [3.05, 3.63) is 42.6 Å². The van der Waals surface area contributed by atoms with Gasteiger partial charge >= 0.3 is 0 Å². The Morgan fingerprint density at radius 2 is 2.03 bits per heavy atom. The summed E-state index contributed by atoms with van der Waals surface area (Å²) in [6, 6.07) is 10.7. The number of aromatic nitrogens is 4. The summed E-state index contributed by atoms with van der Waals surface area (Å²) in [5, 5.41) is 30.9. The molecule has 2 aromatic heterocycles. The van der Waals surface area contributed by atoms with Gasteiger partial charge in [-0.15, -0.1) is 10.2 Å². The second-order valence-corrected chi connectivity index (χ2v) is 8.95. The van der Waals surface area contributed by atoms with E-state index in [0.29, 0.717) is 47.7 Å². The van der Waals surface area contributed by atoms with E-state index >= 15 is 4.39 Å². The molecule has 0 unspecified atom stereocenters. The Hall–Kier alpha value is -3.33. The predicted octanol–water partition coefficient (Wildman–Crippen LogP) is 3.13. The minimum atomic E-state index is -0.952. The van der Waals surface area contributed by atoms with Crippen molar-refractivity contribution in [2.45, 2.75) is 50.0 Å². The lowest BCUT2D eigenvalue weighted by Crippen LogP contribution is -2.63. The van der Waals surface area contributed by atoms with Crippen LogP contribution in [0, 0.1) is 0 Å². The number of ether oxygens (including phenoxy) is 1. The van der Waals surface area contributed by atoms with Gasteiger partial charge in [-0.05, 0) is 43.5 Å². The summed E-state index contributed by atoms with van der Waals surface area (Å²) < 4.78 is 21.2. The lowest BCUT2D eigenvalue weighted by molar-refractivity contribution is 0.100. The number of halogens is 1. The van der Waals surface area contributed by atoms with Gasteiger partial charge in [0.2, 0.25) is 0 Å². The number of anilines is 1. The monoisotopic (exact) mass is 448 g/mol. The van der Waals surface area contributed by atoms with Gasteiger partial charge in [0.25, 0.3) is 0 Å². The molecule has 5 heterocycles. The topological polar surface area (TPSA) is 96.3 Å². The van der Waals surface area contributed by atoms with Crippen molar-refractivity contribution in [3.63, 3.8) is 0 Å². The molecule has 3 aliphatic heterocycles. The molecular formula is C24H25FN6O2. The highest BCUT2D eigenvalue weighted by atomic mass is 19.1. The molecule has 0 saturated carbocycles. The Balaban J connectivity index is 1.30. The Bertz CT molecular complexity index is 1160. The van der Waals surface area contributed by atoms with Gasteiger partial charge in [0, 0.05) is 35.5 Å². The fourth-order valence-electron chi connectivity index (χ4n) is 5.33. The summed E-state index contributed by atoms with van der Waals surface area (Å²) in [6.45, 7) is 1.05. The quantitative estimate of drug-likeness (QED) is 0.631. The first-order valence-electron chi connectivity index (χ1n) is 11.5. The highest BCUT2D eigenvalue weighted by Crippen LogP contribution is 2.40. The zero-order chi connectivity index (χ0) is 22.4. The van der Waals surface area contributed by atoms with Gasteiger partial charge < -0.3 is 20.1 Å². The molecule has 170 valence electrons. The van der Waals surface area contributed by atoms with E-state index < -0.39 is 6.17 Å². The van der Waals surface area contributed by atoms with Gasteiger partial charge in [0.1, 0.15) is 24.2 Å². The lowest BCUT2D eigenvalue weighted by atomic mass is 9.82. The molecule has 0 radical (unpaired) electrons. The second kappa shape index (κ2) is 8.22. The highest BCUT2D eigenvalue weighted by Gasteiger charge is 2.44. The lowest BCUT2D eigenvalue weighted by Gasteiger charge is -2.47. The van der Waals surface area contributed by atoms with E-state index in [2.05, 4.69) is 25.7 Å². The average molecular weight is 449 g/mol. The van der Waals surface area contributed by atoms with Crippen LogP contribution in [0.4, 0.5) is 10.2 Å². The van der Waals surface area contributed by atoms with Crippen LogP contribution in [0.5, 0.6) is 11.5 Å². The van der Waals surface area contributed by atoms with Gasteiger partial charge in [-0.25, -0.2) is 4.39 Å². The molecule has 8 nitrogen and oxygen atoms in total. The van der Waals surface area contributed by atoms with E-state index in [1.54, 1.807) is 30.5 Å². The molecule has 2 N–H and O–H groups in total. The fraction of sp³-hybridized carbons (Fsp3) is 0.417. The Kier molecular flexibility index (Phi) is 5.05. The van der Waals surface area contributed by atoms with E-state index in [9.17, 15) is 5.11 Å². The molecule has 33 heavy (non-hydrogen) atoms. The molecule has 6 rings (SSSR count). The smallest absolute Gasteiger partial charge is 0.194 e. The van der Waals surface area contributed by atoms with E-state index in [1.807, 2.05) is 17.0 Å². The highest BCUT2D eigenvalue weighted by molar-refractivity contribution is 5.74. The van der Waals surface area contributed by atoms with E-state index in [1.165, 1.54) is 0 Å². The first-order chi connectivity index (χ1) is 16.2. The molecule has 4 atom stereocenters. The standard InChI is InChI=1S/C24H25FN6O2/c25-23-18-4-1-3-15(27-18)12-20(23)31-9-10-33-22-13-19(29-30-24(22)31)16-7-6-14(11-21(16)32)17-5-2-8-26-28-17/h2,5-8,11,13,15,18,20,23,27,32H,1,3-4,9-10,12H2/t15-,18-,20+,23-/m1/s1. The summed E-state index contributed by atoms with van der Waals surface area (Å²) in [4.78, 5) is 2.03. The molecule has 2 fully saturated rings. The Morgan fingerprint density at radius 1 is 1.09 bits per heavy atom. The third-order valence-electron chi connectivity index (χ3n) is 6.94. The van der Waals surface area contributed by atoms with Crippen molar-refractivity contribution in [3.8, 4) is 34.0 Å². The first kappa shape index (κ1) is 20.3. The number of fused-ring (bicyclic) bond motifs is 3. The molecule has 0 amide bonds. The normalized spacial score (nSPS) is 26.4. The number of hydrogen-bond acceptors (Lipinski definition) is 8. The van der Waals surface area contributed by atoms with Crippen LogP contribution in [0.15, 0.2) is 42.6 Å². The summed E-state index contributed by atoms with van der Waals surface area (Å²) in [6.07, 6.45) is 4.45. The number of benzene rings is 1. The predicted molar refractivity (Wildman–Crippen MR) is 121 cm³/mol. The minimum absolute atomic E-state index is 0.0649. The minimum Gasteiger partial charge on any atom is -0.507 e. The number of nitrogens with zero attached hydrogens (tertiary/aromatic N) is 5. The number of alkyl halides is 1. The van der Waals surface area contributed by atoms with Crippen molar-refractivity contribution < 1.29 is 14.2 Å². The van der Waals surface area contributed by atoms with Crippen LogP contribution in [0.2, 0.25) is 0 Å². The molecule has 1 aromatic carbocycles. The van der Waals surface area contributed by atoms with Gasteiger partial charge in [0.15, 0.2) is 11.6 Å². The third-order valence-corrected chi connectivity index (χ3v) is 6.94. The van der Waals surface area contributed by atoms with E-state index in [4.69, 9.17) is 4.74 Å². The first-order valence-corrected chi connectivity index (χ1v) is 11.5. The number of piperidine rings is 2. The number of phenolic OH excluding ortho intramolecular Hbond substituents is 1. The molecule has 2 saturated heterocycles. The van der Waals surface area contributed by atoms with Crippen LogP contribution in [0.1, 0.15) is 25.7 Å². The van der Waals surface area contributed by atoms with Crippen molar-refractivity contribution in [1.29, 1.82) is 0 Å². The SMILES string of the molecule is Oc1cc(-c2cccnn2)ccc1-c1cc2c(nn1)N([C@H]1C[C@H]3CCC[C@@H](N3)[C@H]1F)CCO2. The third kappa shape index (κ3) is 3.66. The number of nitrogens with one attached hydrogen (secondary N) is 1. The van der Waals surface area contributed by atoms with Gasteiger partial charge in [0.05, 0.1) is 18.3 Å². The number of hydrogen-bond donors (Lipinski definition) is 2. The average Bonchev–Trinajstić information content (AvgIpc) is 2.86. The molecular weight excluding hydrogens is 423 g/mol. The second-order valence-electron chi connectivity index (χ2n) is 8.95. The van der Waals surface area contributed by atoms with Crippen LogP contribution < -0.4 is 15.0 Å². The van der Waals surface area contributed by atoms with E-state index in [-0.39, 0.29) is 17.8 Å². The van der Waals surface area contributed by atoms with Crippen LogP contribution >= 0.6 is 0 Å². The van der Waals surface area contributed by atoms with Crippen molar-refractivity contribution in [1.82, 2.24) is 25.7 Å². The Morgan fingerprint density at radius 3 is 2.88 bits per heavy atom. The van der Waals surface area contributed by atoms with Crippen LogP contribution in [0.25, 0.3) is 22.5 Å². The molecule has 3 aliphatic rings. The number of aromatic hydroxyl groups is 1. The summed E-state index contributed by atoms with van der Waals surface area (Å²) >= 11 is 0. The number of rotatable bonds is 3. The zero-order valence-corrected chi connectivity index (χ0v) is 18.1. The maximum atomic E-state index is 15.3. The van der Waals surface area contributed by atoms with Gasteiger partial charge in [-0.3, -0.25) is 0 Å². The maximum absolute atomic E-state index is 15.3. The number of phenols is 1. The van der Waals surface area contributed by atoms with Crippen molar-refractivity contribution >= 4 is 5.82 Å². The fourth-order valence-corrected chi connectivity index (χ4v) is 5.33. The van der Waals surface area contributed by atoms with Gasteiger partial charge in [-0.2, -0.15) is 10.2 Å². The Labute approximate surface area is 190 Å². The van der Waals surface area contributed by atoms with Crippen LogP contribution in [0.3, 0.4) is 0 Å². The van der Waals surface area contributed by atoms with Gasteiger partial charge in [-0.1, -0.05) is 12.5 Å². The van der Waals surface area contributed by atoms with Crippen LogP contribution in [-0.2, 0) is 0 Å². The maximum Gasteiger partial charge on any atom is 0.194 e. The molecule has 0 aliphatic carbocycles. The summed E-state index contributed by atoms with van der Waals surface area (Å²) in [5.41, 5.74) is 2.46. The molecule has 9 heteroatoms. The molecule has 2 bridgehead atoms. The van der Waals surface area contributed by atoms with Crippen molar-refractivity contribution in [2.24, 2.45) is 0 Å².